The van der Waals surface area contributed by atoms with Gasteiger partial charge in [-0.25, -0.2) is 9.59 Å². The van der Waals surface area contributed by atoms with Crippen molar-refractivity contribution in [2.24, 2.45) is 0 Å². The molecule has 0 aromatic carbocycles. The van der Waals surface area contributed by atoms with Crippen LogP contribution in [0.3, 0.4) is 0 Å². The number of carbonyl (C=O) groups excluding carboxylic acids is 4. The maximum Gasteiger partial charge on any atom is 0.352 e. The third-order valence-corrected chi connectivity index (χ3v) is 7.48. The molecule has 12 nitrogen and oxygen atoms in total. The second-order valence-corrected chi connectivity index (χ2v) is 9.26. The van der Waals surface area contributed by atoms with E-state index in [1.807, 2.05) is 0 Å². The molecular formula is C18H16N4O8S2. The average molecular weight is 480 g/mol. The van der Waals surface area contributed by atoms with Gasteiger partial charge < -0.3 is 20.8 Å². The van der Waals surface area contributed by atoms with E-state index in [4.69, 9.17) is 10.2 Å². The van der Waals surface area contributed by atoms with Gasteiger partial charge in [0.05, 0.1) is 0 Å². The van der Waals surface area contributed by atoms with Crippen molar-refractivity contribution in [1.82, 2.24) is 20.4 Å². The fourth-order valence-electron chi connectivity index (χ4n) is 3.63. The first-order valence-corrected chi connectivity index (χ1v) is 11.4. The number of carbonyl (C=O) groups is 6. The summed E-state index contributed by atoms with van der Waals surface area (Å²) in [5, 5.41) is 22.1. The van der Waals surface area contributed by atoms with E-state index in [0.29, 0.717) is 11.5 Å². The summed E-state index contributed by atoms with van der Waals surface area (Å²) < 4.78 is 0. The molecule has 168 valence electrons. The Morgan fingerprint density at radius 2 is 1.19 bits per heavy atom. The smallest absolute Gasteiger partial charge is 0.352 e. The number of hydrogen-bond donors (Lipinski definition) is 4. The van der Waals surface area contributed by atoms with Gasteiger partial charge in [-0.15, -0.1) is 23.5 Å². The summed E-state index contributed by atoms with van der Waals surface area (Å²) in [6.07, 6.45) is 4.66. The summed E-state index contributed by atoms with van der Waals surface area (Å²) >= 11 is 2.60. The van der Waals surface area contributed by atoms with Gasteiger partial charge in [-0.3, -0.25) is 29.0 Å². The third kappa shape index (κ3) is 3.64. The minimum Gasteiger partial charge on any atom is -0.477 e. The molecule has 0 aromatic heterocycles. The number of nitrogens with one attached hydrogen (secondary N) is 2. The number of hydrogen-bond acceptors (Lipinski definition) is 8. The fourth-order valence-corrected chi connectivity index (χ4v) is 6.02. The van der Waals surface area contributed by atoms with E-state index in [1.54, 1.807) is 0 Å². The van der Waals surface area contributed by atoms with E-state index in [-0.39, 0.29) is 11.4 Å². The first-order valence-electron chi connectivity index (χ1n) is 9.26. The second kappa shape index (κ2) is 8.35. The van der Waals surface area contributed by atoms with Crippen LogP contribution in [-0.2, 0) is 28.8 Å². The molecule has 4 heterocycles. The van der Waals surface area contributed by atoms with Gasteiger partial charge in [0.15, 0.2) is 0 Å². The van der Waals surface area contributed by atoms with E-state index >= 15 is 0 Å². The number of carboxylic acid groups (broad SMARTS) is 2. The van der Waals surface area contributed by atoms with Gasteiger partial charge in [-0.05, 0) is 12.2 Å². The number of fused-ring (bicyclic) bond motifs is 2. The van der Waals surface area contributed by atoms with Crippen LogP contribution in [0.15, 0.2) is 35.7 Å². The van der Waals surface area contributed by atoms with E-state index in [9.17, 15) is 28.8 Å². The highest BCUT2D eigenvalue weighted by molar-refractivity contribution is 8.00. The van der Waals surface area contributed by atoms with Crippen LogP contribution in [0.5, 0.6) is 0 Å². The third-order valence-electron chi connectivity index (χ3n) is 5.11. The maximum atomic E-state index is 12.2. The van der Waals surface area contributed by atoms with Gasteiger partial charge in [0.2, 0.25) is 11.8 Å². The van der Waals surface area contributed by atoms with Gasteiger partial charge >= 0.3 is 11.9 Å². The van der Waals surface area contributed by atoms with Crippen LogP contribution in [0.2, 0.25) is 0 Å². The number of thioether (sulfide) groups is 2. The number of rotatable bonds is 6. The predicted molar refractivity (Wildman–Crippen MR) is 111 cm³/mol. The zero-order chi connectivity index (χ0) is 23.2. The molecule has 4 aliphatic rings. The van der Waals surface area contributed by atoms with E-state index in [1.165, 1.54) is 35.7 Å². The quantitative estimate of drug-likeness (QED) is 0.253. The summed E-state index contributed by atoms with van der Waals surface area (Å²) in [4.78, 5) is 73.3. The molecule has 0 saturated carbocycles. The van der Waals surface area contributed by atoms with Crippen molar-refractivity contribution in [3.05, 3.63) is 35.7 Å². The Hall–Kier alpha value is -3.26. The van der Waals surface area contributed by atoms with Gasteiger partial charge in [-0.1, -0.05) is 0 Å². The van der Waals surface area contributed by atoms with Crippen molar-refractivity contribution >= 4 is 59.1 Å². The van der Waals surface area contributed by atoms with Gasteiger partial charge in [0.25, 0.3) is 11.8 Å². The minimum atomic E-state index is -1.23. The summed E-state index contributed by atoms with van der Waals surface area (Å²) in [5.74, 6) is -4.26. The van der Waals surface area contributed by atoms with Crippen LogP contribution >= 0.6 is 23.5 Å². The lowest BCUT2D eigenvalue weighted by Gasteiger charge is -2.48. The Balaban J connectivity index is 1.29. The Bertz CT molecular complexity index is 958. The largest absolute Gasteiger partial charge is 0.477 e. The van der Waals surface area contributed by atoms with Crippen LogP contribution in [0.4, 0.5) is 0 Å². The fraction of sp³-hybridized carbons (Fsp3) is 0.333. The van der Waals surface area contributed by atoms with Crippen LogP contribution < -0.4 is 10.6 Å². The van der Waals surface area contributed by atoms with Crippen molar-refractivity contribution in [3.8, 4) is 0 Å². The minimum absolute atomic E-state index is 0.125. The highest BCUT2D eigenvalue weighted by Crippen LogP contribution is 2.38. The lowest BCUT2D eigenvalue weighted by molar-refractivity contribution is -0.150. The van der Waals surface area contributed by atoms with Crippen LogP contribution in [0.25, 0.3) is 0 Å². The second-order valence-electron chi connectivity index (χ2n) is 6.96. The predicted octanol–water partition coefficient (Wildman–Crippen LogP) is -1.72. The molecule has 14 heteroatoms. The van der Waals surface area contributed by atoms with Crippen molar-refractivity contribution in [3.63, 3.8) is 0 Å². The summed E-state index contributed by atoms with van der Waals surface area (Å²) in [6, 6.07) is -1.82. The summed E-state index contributed by atoms with van der Waals surface area (Å²) in [5.41, 5.74) is -0.250. The van der Waals surface area contributed by atoms with Gasteiger partial charge in [0, 0.05) is 23.7 Å². The molecular weight excluding hydrogens is 464 g/mol. The van der Waals surface area contributed by atoms with E-state index in [0.717, 1.165) is 22.0 Å². The molecule has 0 aromatic rings. The average Bonchev–Trinajstić information content (AvgIpc) is 2.77. The molecule has 4 aliphatic heterocycles. The number of nitrogens with zero attached hydrogens (tertiary/aromatic N) is 2. The maximum absolute atomic E-state index is 12.2. The van der Waals surface area contributed by atoms with E-state index < -0.39 is 58.4 Å². The Kier molecular flexibility index (Phi) is 5.73. The summed E-state index contributed by atoms with van der Waals surface area (Å²) in [6.45, 7) is 0. The van der Waals surface area contributed by atoms with Crippen molar-refractivity contribution in [1.29, 1.82) is 0 Å². The molecule has 0 bridgehead atoms. The Labute approximate surface area is 188 Å². The molecule has 0 radical (unpaired) electrons. The molecule has 0 unspecified atom stereocenters. The number of β-lactam (4-membered cyclic amide) rings is 2. The van der Waals surface area contributed by atoms with E-state index in [2.05, 4.69) is 10.6 Å². The standard InChI is InChI=1S/C18H16N4O8S2/c23-9(19-11-13(25)21-7(17(27)28)3-5-31-15(11)21)1-2-10(24)20-12-14(26)22-8(18(29)30)4-6-32-16(12)22/h1-4,11-12,15-16H,5-6H2,(H,19,23)(H,20,24)(H,27,28)(H,29,30)/b2-1+/t11-,12-,15-,16-/m1/s1. The SMILES string of the molecule is O=C(/C=C/C(=O)N[C@@H]1C(=O)N2C(C(=O)O)=CCS[C@H]12)N[C@@H]1C(=O)N2C(C(=O)O)=CCS[C@H]12. The lowest BCUT2D eigenvalue weighted by Crippen LogP contribution is -2.70. The van der Waals surface area contributed by atoms with Crippen LogP contribution in [-0.4, -0.2) is 89.9 Å². The van der Waals surface area contributed by atoms with Crippen LogP contribution in [0.1, 0.15) is 0 Å². The first kappa shape index (κ1) is 22.0. The summed E-state index contributed by atoms with van der Waals surface area (Å²) in [7, 11) is 0. The lowest BCUT2D eigenvalue weighted by atomic mass is 10.0. The van der Waals surface area contributed by atoms with Crippen molar-refractivity contribution < 1.29 is 39.0 Å². The monoisotopic (exact) mass is 480 g/mol. The molecule has 4 rings (SSSR count). The van der Waals surface area contributed by atoms with Crippen LogP contribution in [0, 0.1) is 0 Å². The number of aliphatic carboxylic acids is 2. The Morgan fingerprint density at radius 3 is 1.53 bits per heavy atom. The molecule has 4 amide bonds. The topological polar surface area (TPSA) is 173 Å². The zero-order valence-electron chi connectivity index (χ0n) is 16.1. The Morgan fingerprint density at radius 1 is 0.812 bits per heavy atom. The molecule has 4 atom stereocenters. The molecule has 32 heavy (non-hydrogen) atoms. The molecule has 2 saturated heterocycles. The highest BCUT2D eigenvalue weighted by Gasteiger charge is 2.53. The number of amides is 4. The first-order chi connectivity index (χ1) is 15.2. The van der Waals surface area contributed by atoms with Gasteiger partial charge in [0.1, 0.15) is 34.2 Å². The van der Waals surface area contributed by atoms with Gasteiger partial charge in [-0.2, -0.15) is 0 Å². The normalized spacial score (nSPS) is 28.5. The molecule has 0 spiro atoms. The number of carboxylic acids is 2. The zero-order valence-corrected chi connectivity index (χ0v) is 17.7. The van der Waals surface area contributed by atoms with Crippen molar-refractivity contribution in [2.75, 3.05) is 11.5 Å². The van der Waals surface area contributed by atoms with Crippen molar-refractivity contribution in [2.45, 2.75) is 22.8 Å². The molecule has 2 fully saturated rings. The molecule has 0 aliphatic carbocycles. The highest BCUT2D eigenvalue weighted by atomic mass is 32.2. The molecule has 4 N–H and O–H groups in total.